The molecule has 0 aromatic carbocycles. The van der Waals surface area contributed by atoms with Crippen molar-refractivity contribution >= 4 is 17.7 Å². The number of carbonyl (C=O) groups excluding carboxylic acids is 1. The monoisotopic (exact) mass is 234 g/mol. The molecule has 84 valence electrons. The van der Waals surface area contributed by atoms with Gasteiger partial charge in [0.25, 0.3) is 0 Å². The van der Waals surface area contributed by atoms with Crippen molar-refractivity contribution in [2.24, 2.45) is 11.7 Å². The second-order valence-corrected chi connectivity index (χ2v) is 5.60. The first kappa shape index (κ1) is 10.2. The van der Waals surface area contributed by atoms with E-state index < -0.39 is 0 Å². The van der Waals surface area contributed by atoms with Gasteiger partial charge in [-0.25, -0.2) is 0 Å². The summed E-state index contributed by atoms with van der Waals surface area (Å²) in [5, 5.41) is 5.45. The van der Waals surface area contributed by atoms with Crippen LogP contribution in [0.1, 0.15) is 6.42 Å². The van der Waals surface area contributed by atoms with Crippen molar-refractivity contribution in [3.05, 3.63) is 35.3 Å². The van der Waals surface area contributed by atoms with Gasteiger partial charge in [0.15, 0.2) is 0 Å². The number of hydrogen-bond donors (Lipinski definition) is 2. The first-order chi connectivity index (χ1) is 7.74. The van der Waals surface area contributed by atoms with E-state index in [1.54, 1.807) is 11.8 Å². The topological polar surface area (TPSA) is 55.1 Å². The van der Waals surface area contributed by atoms with Crippen molar-refractivity contribution in [3.8, 4) is 0 Å². The predicted octanol–water partition coefficient (Wildman–Crippen LogP) is 0.945. The molecule has 3 N–H and O–H groups in total. The van der Waals surface area contributed by atoms with Crippen LogP contribution in [0.2, 0.25) is 0 Å². The van der Waals surface area contributed by atoms with Crippen LogP contribution in [-0.2, 0) is 4.79 Å². The molecule has 4 heteroatoms. The molecule has 2 heterocycles. The number of nitrogens with two attached hydrogens (primary N) is 1. The van der Waals surface area contributed by atoms with E-state index >= 15 is 0 Å². The Balaban J connectivity index is 2.00. The molecule has 3 rings (SSSR count). The van der Waals surface area contributed by atoms with Crippen LogP contribution in [0.25, 0.3) is 0 Å². The van der Waals surface area contributed by atoms with Crippen LogP contribution in [0.5, 0.6) is 0 Å². The van der Waals surface area contributed by atoms with Gasteiger partial charge in [-0.15, -0.1) is 11.8 Å². The molecule has 0 aromatic rings. The van der Waals surface area contributed by atoms with Crippen LogP contribution in [0.4, 0.5) is 0 Å². The number of piperidine rings is 1. The summed E-state index contributed by atoms with van der Waals surface area (Å²) in [6.07, 6.45) is 9.51. The first-order valence-electron chi connectivity index (χ1n) is 5.51. The molecule has 16 heavy (non-hydrogen) atoms. The van der Waals surface area contributed by atoms with Crippen molar-refractivity contribution in [2.75, 3.05) is 6.54 Å². The maximum Gasteiger partial charge on any atom is 0.245 e. The summed E-state index contributed by atoms with van der Waals surface area (Å²) in [4.78, 5) is 11.4. The number of hydrogen-bond acceptors (Lipinski definition) is 3. The van der Waals surface area contributed by atoms with E-state index in [0.717, 1.165) is 18.5 Å². The lowest BCUT2D eigenvalue weighted by Gasteiger charge is -2.44. The fraction of sp³-hybridized carbons (Fsp3) is 0.417. The number of carbonyl (C=O) groups is 1. The van der Waals surface area contributed by atoms with Crippen molar-refractivity contribution in [1.29, 1.82) is 0 Å². The normalized spacial score (nSPS) is 40.1. The number of primary amides is 1. The highest BCUT2D eigenvalue weighted by Gasteiger charge is 2.51. The molecule has 1 amide bonds. The van der Waals surface area contributed by atoms with E-state index in [2.05, 4.69) is 29.6 Å². The first-order valence-corrected chi connectivity index (χ1v) is 6.39. The van der Waals surface area contributed by atoms with Crippen LogP contribution < -0.4 is 11.1 Å². The van der Waals surface area contributed by atoms with Crippen molar-refractivity contribution in [3.63, 3.8) is 0 Å². The largest absolute Gasteiger partial charge is 0.366 e. The maximum atomic E-state index is 11.4. The minimum Gasteiger partial charge on any atom is -0.366 e. The van der Waals surface area contributed by atoms with E-state index in [1.165, 1.54) is 0 Å². The third kappa shape index (κ3) is 1.23. The quantitative estimate of drug-likeness (QED) is 0.710. The SMILES string of the molecule is NC(=O)C1=CSC23C=CC=CC2NCCC13. The summed E-state index contributed by atoms with van der Waals surface area (Å²) >= 11 is 1.73. The molecule has 0 aromatic heterocycles. The van der Waals surface area contributed by atoms with Gasteiger partial charge in [0.1, 0.15) is 0 Å². The molecule has 1 saturated heterocycles. The Hall–Kier alpha value is -1.00. The molecule has 3 atom stereocenters. The van der Waals surface area contributed by atoms with Crippen LogP contribution in [0.3, 0.4) is 0 Å². The smallest absolute Gasteiger partial charge is 0.245 e. The van der Waals surface area contributed by atoms with Gasteiger partial charge in [-0.3, -0.25) is 4.79 Å². The molecule has 1 aliphatic carbocycles. The molecular formula is C12H14N2OS. The Bertz CT molecular complexity index is 427. The molecule has 3 aliphatic rings. The summed E-state index contributed by atoms with van der Waals surface area (Å²) < 4.78 is -0.0165. The molecule has 1 spiro atoms. The van der Waals surface area contributed by atoms with E-state index in [4.69, 9.17) is 5.73 Å². The standard InChI is InChI=1S/C12H14N2OS/c13-11(15)8-7-16-12-5-2-1-3-10(12)14-6-4-9(8)12/h1-3,5,7,9-10,14H,4,6H2,(H2,13,15). The number of thioether (sulfide) groups is 1. The lowest BCUT2D eigenvalue weighted by atomic mass is 9.74. The van der Waals surface area contributed by atoms with Crippen molar-refractivity contribution < 1.29 is 4.79 Å². The third-order valence-corrected chi connectivity index (χ3v) is 5.10. The zero-order chi connectivity index (χ0) is 11.2. The lowest BCUT2D eigenvalue weighted by Crippen LogP contribution is -2.56. The van der Waals surface area contributed by atoms with Gasteiger partial charge in [-0.2, -0.15) is 0 Å². The summed E-state index contributed by atoms with van der Waals surface area (Å²) in [5.41, 5.74) is 6.24. The maximum absolute atomic E-state index is 11.4. The van der Waals surface area contributed by atoms with Crippen LogP contribution in [0, 0.1) is 5.92 Å². The summed E-state index contributed by atoms with van der Waals surface area (Å²) in [6, 6.07) is 0.314. The lowest BCUT2D eigenvalue weighted by molar-refractivity contribution is -0.115. The van der Waals surface area contributed by atoms with Crippen LogP contribution in [-0.4, -0.2) is 23.2 Å². The Kier molecular flexibility index (Phi) is 2.23. The van der Waals surface area contributed by atoms with Gasteiger partial charge >= 0.3 is 0 Å². The van der Waals surface area contributed by atoms with Gasteiger partial charge in [-0.05, 0) is 18.4 Å². The van der Waals surface area contributed by atoms with Crippen molar-refractivity contribution in [1.82, 2.24) is 5.32 Å². The Morgan fingerprint density at radius 1 is 1.56 bits per heavy atom. The van der Waals surface area contributed by atoms with Gasteiger partial charge in [0.2, 0.25) is 5.91 Å². The zero-order valence-corrected chi connectivity index (χ0v) is 9.67. The molecule has 0 saturated carbocycles. The third-order valence-electron chi connectivity index (χ3n) is 3.65. The molecular weight excluding hydrogens is 220 g/mol. The zero-order valence-electron chi connectivity index (χ0n) is 8.85. The summed E-state index contributed by atoms with van der Waals surface area (Å²) in [5.74, 6) is 0.000396. The summed E-state index contributed by atoms with van der Waals surface area (Å²) in [6.45, 7) is 0.945. The highest BCUT2D eigenvalue weighted by atomic mass is 32.2. The molecule has 0 bridgehead atoms. The number of nitrogens with one attached hydrogen (secondary N) is 1. The molecule has 1 fully saturated rings. The van der Waals surface area contributed by atoms with Gasteiger partial charge < -0.3 is 11.1 Å². The average Bonchev–Trinajstić information content (AvgIpc) is 2.66. The molecule has 0 radical (unpaired) electrons. The number of allylic oxidation sites excluding steroid dienone is 2. The minimum absolute atomic E-state index is 0.0165. The Labute approximate surface area is 98.8 Å². The number of rotatable bonds is 1. The second kappa shape index (κ2) is 3.50. The van der Waals surface area contributed by atoms with E-state index in [-0.39, 0.29) is 16.6 Å². The van der Waals surface area contributed by atoms with E-state index in [0.29, 0.717) is 6.04 Å². The highest BCUT2D eigenvalue weighted by Crippen LogP contribution is 2.52. The summed E-state index contributed by atoms with van der Waals surface area (Å²) in [7, 11) is 0. The van der Waals surface area contributed by atoms with Gasteiger partial charge in [0, 0.05) is 17.5 Å². The van der Waals surface area contributed by atoms with E-state index in [1.807, 2.05) is 5.41 Å². The Morgan fingerprint density at radius 3 is 3.25 bits per heavy atom. The second-order valence-electron chi connectivity index (χ2n) is 4.43. The Morgan fingerprint density at radius 2 is 2.44 bits per heavy atom. The van der Waals surface area contributed by atoms with Gasteiger partial charge in [-0.1, -0.05) is 24.3 Å². The fourth-order valence-electron chi connectivity index (χ4n) is 2.88. The van der Waals surface area contributed by atoms with E-state index in [9.17, 15) is 4.79 Å². The molecule has 3 nitrogen and oxygen atoms in total. The molecule has 3 unspecified atom stereocenters. The molecule has 2 aliphatic heterocycles. The average molecular weight is 234 g/mol. The van der Waals surface area contributed by atoms with Crippen LogP contribution in [0.15, 0.2) is 35.3 Å². The fourth-order valence-corrected chi connectivity index (χ4v) is 4.36. The van der Waals surface area contributed by atoms with Crippen molar-refractivity contribution in [2.45, 2.75) is 17.2 Å². The minimum atomic E-state index is -0.266. The van der Waals surface area contributed by atoms with Crippen LogP contribution >= 0.6 is 11.8 Å². The number of amides is 1. The highest BCUT2D eigenvalue weighted by molar-refractivity contribution is 8.04. The van der Waals surface area contributed by atoms with Gasteiger partial charge in [0.05, 0.1) is 4.75 Å². The predicted molar refractivity (Wildman–Crippen MR) is 65.8 cm³/mol.